The van der Waals surface area contributed by atoms with Crippen LogP contribution in [0.5, 0.6) is 5.75 Å². The van der Waals surface area contributed by atoms with Crippen molar-refractivity contribution in [1.82, 2.24) is 15.5 Å². The van der Waals surface area contributed by atoms with Crippen LogP contribution in [0.25, 0.3) is 0 Å². The Labute approximate surface area is 124 Å². The minimum absolute atomic E-state index is 0.0609. The van der Waals surface area contributed by atoms with Crippen molar-refractivity contribution in [2.75, 3.05) is 26.2 Å². The van der Waals surface area contributed by atoms with E-state index < -0.39 is 0 Å². The number of urea groups is 1. The molecule has 114 valence electrons. The molecule has 2 rings (SSSR count). The number of nitrogens with zero attached hydrogens (tertiary/aromatic N) is 1. The second-order valence-electron chi connectivity index (χ2n) is 4.82. The first kappa shape index (κ1) is 15.2. The minimum atomic E-state index is -0.256. The maximum Gasteiger partial charge on any atom is 0.318 e. The molecule has 0 unspecified atom stereocenters. The Morgan fingerprint density at radius 2 is 2.10 bits per heavy atom. The van der Waals surface area contributed by atoms with Crippen LogP contribution in [0.3, 0.4) is 0 Å². The van der Waals surface area contributed by atoms with Crippen molar-refractivity contribution in [2.45, 2.75) is 19.9 Å². The fourth-order valence-electron chi connectivity index (χ4n) is 2.28. The van der Waals surface area contributed by atoms with Crippen molar-refractivity contribution in [2.24, 2.45) is 0 Å². The van der Waals surface area contributed by atoms with Crippen molar-refractivity contribution in [3.8, 4) is 5.75 Å². The van der Waals surface area contributed by atoms with E-state index >= 15 is 0 Å². The predicted octanol–water partition coefficient (Wildman–Crippen LogP) is 1.29. The van der Waals surface area contributed by atoms with Gasteiger partial charge in [0.25, 0.3) is 0 Å². The van der Waals surface area contributed by atoms with Gasteiger partial charge in [-0.2, -0.15) is 0 Å². The zero-order valence-electron chi connectivity index (χ0n) is 12.4. The van der Waals surface area contributed by atoms with Crippen molar-refractivity contribution in [3.63, 3.8) is 0 Å². The van der Waals surface area contributed by atoms with Crippen molar-refractivity contribution >= 4 is 11.9 Å². The standard InChI is InChI=1S/C15H21N3O3/c1-3-16-14(19)9-18(4-2)15(20)17-12-10-21-13-8-6-5-7-11(12)13/h5-8,12H,3-4,9-10H2,1-2H3,(H,16,19)(H,17,20)/t12-/m0/s1. The van der Waals surface area contributed by atoms with E-state index in [0.717, 1.165) is 11.3 Å². The number of ether oxygens (including phenoxy) is 1. The molecule has 0 radical (unpaired) electrons. The molecule has 1 aliphatic heterocycles. The van der Waals surface area contributed by atoms with E-state index in [0.29, 0.717) is 19.7 Å². The summed E-state index contributed by atoms with van der Waals surface area (Å²) in [7, 11) is 0. The topological polar surface area (TPSA) is 70.7 Å². The van der Waals surface area contributed by atoms with Gasteiger partial charge in [0.15, 0.2) is 0 Å². The van der Waals surface area contributed by atoms with E-state index in [4.69, 9.17) is 4.74 Å². The Hall–Kier alpha value is -2.24. The molecule has 1 aromatic carbocycles. The molecule has 0 saturated heterocycles. The van der Waals surface area contributed by atoms with Gasteiger partial charge < -0.3 is 20.3 Å². The summed E-state index contributed by atoms with van der Waals surface area (Å²) in [4.78, 5) is 25.3. The minimum Gasteiger partial charge on any atom is -0.491 e. The van der Waals surface area contributed by atoms with Crippen LogP contribution in [0, 0.1) is 0 Å². The Morgan fingerprint density at radius 3 is 2.81 bits per heavy atom. The first-order valence-corrected chi connectivity index (χ1v) is 7.19. The summed E-state index contributed by atoms with van der Waals surface area (Å²) in [5.41, 5.74) is 0.972. The molecular weight excluding hydrogens is 270 g/mol. The van der Waals surface area contributed by atoms with Gasteiger partial charge in [-0.1, -0.05) is 18.2 Å². The molecule has 1 aromatic rings. The van der Waals surface area contributed by atoms with Crippen molar-refractivity contribution < 1.29 is 14.3 Å². The number of fused-ring (bicyclic) bond motifs is 1. The summed E-state index contributed by atoms with van der Waals surface area (Å²) in [6.45, 7) is 5.20. The third-order valence-electron chi connectivity index (χ3n) is 3.37. The molecule has 0 fully saturated rings. The van der Waals surface area contributed by atoms with E-state index in [1.54, 1.807) is 0 Å². The Kier molecular flexibility index (Phi) is 5.03. The molecule has 0 saturated carbocycles. The molecule has 1 aliphatic rings. The predicted molar refractivity (Wildman–Crippen MR) is 79.1 cm³/mol. The lowest BCUT2D eigenvalue weighted by atomic mass is 10.1. The largest absolute Gasteiger partial charge is 0.491 e. The van der Waals surface area contributed by atoms with E-state index in [1.165, 1.54) is 4.90 Å². The Balaban J connectivity index is 1.96. The van der Waals surface area contributed by atoms with Crippen LogP contribution in [-0.2, 0) is 4.79 Å². The van der Waals surface area contributed by atoms with Crippen molar-refractivity contribution in [1.29, 1.82) is 0 Å². The first-order valence-electron chi connectivity index (χ1n) is 7.19. The molecule has 1 heterocycles. The summed E-state index contributed by atoms with van der Waals surface area (Å²) in [5.74, 6) is 0.646. The number of amides is 3. The highest BCUT2D eigenvalue weighted by atomic mass is 16.5. The monoisotopic (exact) mass is 291 g/mol. The average Bonchev–Trinajstić information content (AvgIpc) is 2.88. The number of para-hydroxylation sites is 1. The van der Waals surface area contributed by atoms with Gasteiger partial charge in [0.1, 0.15) is 18.9 Å². The van der Waals surface area contributed by atoms with Gasteiger partial charge in [-0.05, 0) is 19.9 Å². The van der Waals surface area contributed by atoms with Gasteiger partial charge in [-0.3, -0.25) is 4.79 Å². The molecule has 0 bridgehead atoms. The molecule has 3 amide bonds. The molecule has 1 atom stereocenters. The summed E-state index contributed by atoms with van der Waals surface area (Å²) < 4.78 is 5.53. The van der Waals surface area contributed by atoms with Crippen LogP contribution in [0.2, 0.25) is 0 Å². The maximum absolute atomic E-state index is 12.3. The van der Waals surface area contributed by atoms with Gasteiger partial charge in [0.2, 0.25) is 5.91 Å². The molecule has 0 aliphatic carbocycles. The first-order chi connectivity index (χ1) is 10.2. The number of nitrogens with one attached hydrogen (secondary N) is 2. The zero-order chi connectivity index (χ0) is 15.2. The van der Waals surface area contributed by atoms with Crippen molar-refractivity contribution in [3.05, 3.63) is 29.8 Å². The van der Waals surface area contributed by atoms with Crippen LogP contribution >= 0.6 is 0 Å². The third-order valence-corrected chi connectivity index (χ3v) is 3.37. The van der Waals surface area contributed by atoms with Gasteiger partial charge in [-0.25, -0.2) is 4.79 Å². The van der Waals surface area contributed by atoms with Gasteiger partial charge >= 0.3 is 6.03 Å². The van der Waals surface area contributed by atoms with E-state index in [9.17, 15) is 9.59 Å². The molecule has 6 heteroatoms. The van der Waals surface area contributed by atoms with Crippen LogP contribution < -0.4 is 15.4 Å². The maximum atomic E-state index is 12.3. The second-order valence-corrected chi connectivity index (χ2v) is 4.82. The molecule has 2 N–H and O–H groups in total. The number of rotatable bonds is 5. The summed E-state index contributed by atoms with van der Waals surface area (Å²) in [6, 6.07) is 7.21. The average molecular weight is 291 g/mol. The van der Waals surface area contributed by atoms with Crippen LogP contribution in [-0.4, -0.2) is 43.1 Å². The lowest BCUT2D eigenvalue weighted by molar-refractivity contribution is -0.121. The smallest absolute Gasteiger partial charge is 0.318 e. The molecule has 6 nitrogen and oxygen atoms in total. The van der Waals surface area contributed by atoms with Gasteiger partial charge in [-0.15, -0.1) is 0 Å². The van der Waals surface area contributed by atoms with Gasteiger partial charge in [0, 0.05) is 18.7 Å². The van der Waals surface area contributed by atoms with Crippen LogP contribution in [0.15, 0.2) is 24.3 Å². The van der Waals surface area contributed by atoms with E-state index in [1.807, 2.05) is 38.1 Å². The number of carbonyl (C=O) groups excluding carboxylic acids is 2. The quantitative estimate of drug-likeness (QED) is 0.858. The zero-order valence-corrected chi connectivity index (χ0v) is 12.4. The van der Waals surface area contributed by atoms with Gasteiger partial charge in [0.05, 0.1) is 6.04 Å². The molecule has 21 heavy (non-hydrogen) atoms. The van der Waals surface area contributed by atoms with Crippen LogP contribution in [0.4, 0.5) is 4.79 Å². The number of hydrogen-bond acceptors (Lipinski definition) is 3. The number of benzene rings is 1. The lowest BCUT2D eigenvalue weighted by Gasteiger charge is -2.22. The fourth-order valence-corrected chi connectivity index (χ4v) is 2.28. The number of likely N-dealkylation sites (N-methyl/N-ethyl adjacent to an activating group) is 2. The summed E-state index contributed by atoms with van der Waals surface area (Å²) in [5, 5.41) is 5.60. The second kappa shape index (κ2) is 6.97. The lowest BCUT2D eigenvalue weighted by Crippen LogP contribution is -2.46. The number of carbonyl (C=O) groups is 2. The van der Waals surface area contributed by atoms with Crippen LogP contribution in [0.1, 0.15) is 25.5 Å². The fraction of sp³-hybridized carbons (Fsp3) is 0.467. The summed E-state index contributed by atoms with van der Waals surface area (Å²) in [6.07, 6.45) is 0. The van der Waals surface area contributed by atoms with E-state index in [-0.39, 0.29) is 24.5 Å². The summed E-state index contributed by atoms with van der Waals surface area (Å²) >= 11 is 0. The SMILES string of the molecule is CCNC(=O)CN(CC)C(=O)N[C@H]1COc2ccccc21. The highest BCUT2D eigenvalue weighted by Gasteiger charge is 2.27. The molecular formula is C15H21N3O3. The Bertz CT molecular complexity index is 519. The number of hydrogen-bond donors (Lipinski definition) is 2. The molecule has 0 aromatic heterocycles. The highest BCUT2D eigenvalue weighted by Crippen LogP contribution is 2.31. The normalized spacial score (nSPS) is 15.8. The van der Waals surface area contributed by atoms with E-state index in [2.05, 4.69) is 10.6 Å². The third kappa shape index (κ3) is 3.65. The highest BCUT2D eigenvalue weighted by molar-refractivity contribution is 5.84. The Morgan fingerprint density at radius 1 is 1.33 bits per heavy atom. The molecule has 0 spiro atoms.